The zero-order valence-corrected chi connectivity index (χ0v) is 28.4. The second-order valence-corrected chi connectivity index (χ2v) is 11.5. The van der Waals surface area contributed by atoms with Crippen molar-refractivity contribution < 1.29 is 24.5 Å². The zero-order chi connectivity index (χ0) is 31.9. The van der Waals surface area contributed by atoms with Crippen LogP contribution < -0.4 is 0 Å². The molecule has 0 amide bonds. The summed E-state index contributed by atoms with van der Waals surface area (Å²) in [6.07, 6.45) is 1.79. The number of imidazole rings is 1. The van der Waals surface area contributed by atoms with E-state index in [2.05, 4.69) is 82.3 Å². The quantitative estimate of drug-likeness (QED) is 0.167. The molecule has 0 fully saturated rings. The second kappa shape index (κ2) is 12.9. The van der Waals surface area contributed by atoms with Crippen LogP contribution in [0.4, 0.5) is 0 Å². The van der Waals surface area contributed by atoms with E-state index in [1.54, 1.807) is 6.20 Å². The van der Waals surface area contributed by atoms with Crippen LogP contribution in [0.3, 0.4) is 0 Å². The molecule has 0 saturated carbocycles. The SMILES string of the molecule is [Ir].[c-]1ccc2c(oc3c4ccccc4ccc23)c1-c1nc2nc3ccccc3cc2n1-c1ccccc1.[c-]1ccccc1-c1ccccn1. The van der Waals surface area contributed by atoms with Crippen molar-refractivity contribution in [3.8, 4) is 28.3 Å². The van der Waals surface area contributed by atoms with E-state index < -0.39 is 0 Å². The van der Waals surface area contributed by atoms with Crippen molar-refractivity contribution in [2.45, 2.75) is 0 Å². The van der Waals surface area contributed by atoms with E-state index in [-0.39, 0.29) is 20.1 Å². The van der Waals surface area contributed by atoms with Crippen LogP contribution in [0.2, 0.25) is 0 Å². The minimum atomic E-state index is 0. The van der Waals surface area contributed by atoms with Gasteiger partial charge in [0.25, 0.3) is 0 Å². The molecule has 6 aromatic carbocycles. The maximum atomic E-state index is 6.61. The second-order valence-electron chi connectivity index (χ2n) is 11.5. The van der Waals surface area contributed by atoms with Crippen molar-refractivity contribution in [2.24, 2.45) is 0 Å². The summed E-state index contributed by atoms with van der Waals surface area (Å²) in [5.41, 5.74) is 8.07. The Morgan fingerprint density at radius 2 is 1.35 bits per heavy atom. The number of aromatic nitrogens is 4. The van der Waals surface area contributed by atoms with Gasteiger partial charge < -0.3 is 14.0 Å². The van der Waals surface area contributed by atoms with Crippen LogP contribution in [0.1, 0.15) is 0 Å². The molecule has 0 unspecified atom stereocenters. The van der Waals surface area contributed by atoms with Crippen LogP contribution >= 0.6 is 0 Å². The van der Waals surface area contributed by atoms with E-state index in [1.807, 2.05) is 91.0 Å². The van der Waals surface area contributed by atoms with E-state index in [0.717, 1.165) is 77.5 Å². The predicted octanol–water partition coefficient (Wildman–Crippen LogP) is 10.6. The maximum absolute atomic E-state index is 6.61. The monoisotopic (exact) mass is 807 g/mol. The van der Waals surface area contributed by atoms with E-state index >= 15 is 0 Å². The number of furan rings is 1. The maximum Gasteiger partial charge on any atom is 0.168 e. The molecule has 0 aliphatic carbocycles. The molecule has 49 heavy (non-hydrogen) atoms. The molecule has 5 nitrogen and oxygen atoms in total. The van der Waals surface area contributed by atoms with Gasteiger partial charge in [-0.2, -0.15) is 0 Å². The summed E-state index contributed by atoms with van der Waals surface area (Å²) in [4.78, 5) is 14.2. The van der Waals surface area contributed by atoms with Gasteiger partial charge in [-0.05, 0) is 41.4 Å². The minimum Gasteiger partial charge on any atom is -0.500 e. The molecule has 10 aromatic rings. The van der Waals surface area contributed by atoms with Gasteiger partial charge in [0, 0.05) is 48.1 Å². The Balaban J connectivity index is 0.000000228. The molecule has 4 heterocycles. The number of benzene rings is 6. The predicted molar refractivity (Wildman–Crippen MR) is 194 cm³/mol. The first-order valence-corrected chi connectivity index (χ1v) is 15.8. The largest absolute Gasteiger partial charge is 0.500 e. The molecule has 0 bridgehead atoms. The van der Waals surface area contributed by atoms with Gasteiger partial charge in [0.1, 0.15) is 5.58 Å². The van der Waals surface area contributed by atoms with Gasteiger partial charge in [-0.15, -0.1) is 54.1 Å². The van der Waals surface area contributed by atoms with E-state index in [0.29, 0.717) is 5.65 Å². The molecule has 0 atom stereocenters. The third-order valence-corrected chi connectivity index (χ3v) is 8.56. The number of nitrogens with zero attached hydrogens (tertiary/aromatic N) is 4. The molecule has 6 heteroatoms. The smallest absolute Gasteiger partial charge is 0.168 e. The number of hydrogen-bond acceptors (Lipinski definition) is 4. The Hall–Kier alpha value is -5.94. The van der Waals surface area contributed by atoms with Crippen LogP contribution in [0, 0.1) is 12.1 Å². The van der Waals surface area contributed by atoms with Gasteiger partial charge in [-0.25, -0.2) is 4.98 Å². The average Bonchev–Trinajstić information content (AvgIpc) is 3.74. The molecule has 0 aliphatic heterocycles. The van der Waals surface area contributed by atoms with Crippen LogP contribution in [0.25, 0.3) is 83.1 Å². The zero-order valence-electron chi connectivity index (χ0n) is 26.0. The van der Waals surface area contributed by atoms with Gasteiger partial charge in [0.2, 0.25) is 0 Å². The molecule has 0 N–H and O–H groups in total. The first-order valence-electron chi connectivity index (χ1n) is 15.8. The summed E-state index contributed by atoms with van der Waals surface area (Å²) in [6.45, 7) is 0. The Morgan fingerprint density at radius 3 is 2.18 bits per heavy atom. The van der Waals surface area contributed by atoms with E-state index in [9.17, 15) is 0 Å². The van der Waals surface area contributed by atoms with Gasteiger partial charge in [0.05, 0.1) is 22.4 Å². The van der Waals surface area contributed by atoms with Gasteiger partial charge in [0.15, 0.2) is 5.65 Å². The van der Waals surface area contributed by atoms with Crippen LogP contribution in [-0.4, -0.2) is 19.5 Å². The molecule has 4 aromatic heterocycles. The topological polar surface area (TPSA) is 56.7 Å². The van der Waals surface area contributed by atoms with Crippen molar-refractivity contribution in [3.63, 3.8) is 0 Å². The van der Waals surface area contributed by atoms with Crippen LogP contribution in [0.15, 0.2) is 162 Å². The third kappa shape index (κ3) is 5.47. The normalized spacial score (nSPS) is 11.1. The molecule has 0 saturated heterocycles. The first kappa shape index (κ1) is 30.4. The van der Waals surface area contributed by atoms with Crippen molar-refractivity contribution in [1.29, 1.82) is 0 Å². The summed E-state index contributed by atoms with van der Waals surface area (Å²) in [5.74, 6) is 0.757. The number of para-hydroxylation sites is 2. The number of pyridine rings is 2. The molecular weight excluding hydrogens is 781 g/mol. The third-order valence-electron chi connectivity index (χ3n) is 8.56. The Bertz CT molecular complexity index is 2680. The standard InChI is InChI=1S/C32H18N3O.C11H8N.Ir/c1-2-11-22(12-3-1)35-28-19-21-10-5-7-16-27(21)33-31(28)34-32(35)26-15-8-14-24-25-18-17-20-9-4-6-13-23(20)29(25)36-30(24)26;1-2-6-10(7-3-1)11-8-4-5-9-12-11;/h1-14,16-19H;1-6,8-9H;/q2*-1;. The number of hydrogen-bond donors (Lipinski definition) is 0. The van der Waals surface area contributed by atoms with Crippen molar-refractivity contribution in [3.05, 3.63) is 170 Å². The van der Waals surface area contributed by atoms with E-state index in [4.69, 9.17) is 14.4 Å². The van der Waals surface area contributed by atoms with Gasteiger partial charge in [-0.1, -0.05) is 95.9 Å². The summed E-state index contributed by atoms with van der Waals surface area (Å²) in [6, 6.07) is 57.5. The summed E-state index contributed by atoms with van der Waals surface area (Å²) >= 11 is 0. The molecule has 0 aliphatic rings. The fraction of sp³-hybridized carbons (Fsp3) is 0. The first-order chi connectivity index (χ1) is 23.8. The minimum absolute atomic E-state index is 0. The molecular formula is C43H26IrN4O-2. The van der Waals surface area contributed by atoms with Gasteiger partial charge in [-0.3, -0.25) is 4.98 Å². The number of fused-ring (bicyclic) bond motifs is 7. The fourth-order valence-electron chi connectivity index (χ4n) is 6.32. The average molecular weight is 807 g/mol. The molecule has 10 rings (SSSR count). The van der Waals surface area contributed by atoms with Crippen LogP contribution in [0.5, 0.6) is 0 Å². The van der Waals surface area contributed by atoms with Crippen molar-refractivity contribution >= 4 is 54.8 Å². The van der Waals surface area contributed by atoms with Gasteiger partial charge >= 0.3 is 0 Å². The Morgan fingerprint density at radius 1 is 0.571 bits per heavy atom. The summed E-state index contributed by atoms with van der Waals surface area (Å²) < 4.78 is 8.77. The van der Waals surface area contributed by atoms with E-state index in [1.165, 1.54) is 0 Å². The summed E-state index contributed by atoms with van der Waals surface area (Å²) in [7, 11) is 0. The molecule has 1 radical (unpaired) electrons. The molecule has 0 spiro atoms. The Labute approximate surface area is 295 Å². The Kier molecular flexibility index (Phi) is 8.02. The molecule has 235 valence electrons. The number of rotatable bonds is 3. The van der Waals surface area contributed by atoms with Crippen molar-refractivity contribution in [2.75, 3.05) is 0 Å². The van der Waals surface area contributed by atoms with Crippen molar-refractivity contribution in [1.82, 2.24) is 19.5 Å². The summed E-state index contributed by atoms with van der Waals surface area (Å²) in [5, 5.41) is 5.47. The van der Waals surface area contributed by atoms with Crippen LogP contribution in [-0.2, 0) is 20.1 Å². The fourth-order valence-corrected chi connectivity index (χ4v) is 6.32.